The highest BCUT2D eigenvalue weighted by molar-refractivity contribution is 6.31. The second-order valence-electron chi connectivity index (χ2n) is 7.13. The van der Waals surface area contributed by atoms with E-state index in [0.29, 0.717) is 36.2 Å². The Kier molecular flexibility index (Phi) is 7.30. The molecular weight excluding hydrogens is 402 g/mol. The Morgan fingerprint density at radius 2 is 2.00 bits per heavy atom. The molecule has 1 atom stereocenters. The third-order valence-corrected chi connectivity index (χ3v) is 5.44. The van der Waals surface area contributed by atoms with Gasteiger partial charge >= 0.3 is 0 Å². The molecule has 2 amide bonds. The van der Waals surface area contributed by atoms with Crippen LogP contribution in [-0.4, -0.2) is 37.9 Å². The number of carbonyl (C=O) groups is 2. The van der Waals surface area contributed by atoms with Crippen LogP contribution in [0.15, 0.2) is 47.5 Å². The fourth-order valence-corrected chi connectivity index (χ4v) is 3.55. The van der Waals surface area contributed by atoms with Crippen LogP contribution in [0.3, 0.4) is 0 Å². The fourth-order valence-electron chi connectivity index (χ4n) is 3.37. The summed E-state index contributed by atoms with van der Waals surface area (Å²) in [6.07, 6.45) is 0.698. The van der Waals surface area contributed by atoms with E-state index >= 15 is 0 Å². The second-order valence-corrected chi connectivity index (χ2v) is 7.53. The number of hydrogen-bond acceptors (Lipinski definition) is 3. The molecule has 30 heavy (non-hydrogen) atoms. The zero-order valence-electron chi connectivity index (χ0n) is 17.1. The third-order valence-electron chi connectivity index (χ3n) is 5.03. The first-order valence-corrected chi connectivity index (χ1v) is 10.2. The quantitative estimate of drug-likeness (QED) is 0.420. The lowest BCUT2D eigenvalue weighted by Gasteiger charge is -2.26. The Labute approximate surface area is 181 Å². The van der Waals surface area contributed by atoms with Crippen LogP contribution >= 0.6 is 11.6 Å². The van der Waals surface area contributed by atoms with Crippen molar-refractivity contribution in [3.63, 3.8) is 0 Å². The van der Waals surface area contributed by atoms with Crippen molar-refractivity contribution < 1.29 is 9.59 Å². The molecule has 3 rings (SSSR count). The molecule has 0 aliphatic carbocycles. The van der Waals surface area contributed by atoms with Crippen LogP contribution < -0.4 is 21.3 Å². The van der Waals surface area contributed by atoms with Gasteiger partial charge in [-0.25, -0.2) is 0 Å². The van der Waals surface area contributed by atoms with Crippen LogP contribution in [-0.2, 0) is 9.59 Å². The molecule has 1 aliphatic rings. The van der Waals surface area contributed by atoms with E-state index in [4.69, 9.17) is 11.6 Å². The number of carbonyl (C=O) groups excluding carboxylic acids is 2. The van der Waals surface area contributed by atoms with Gasteiger partial charge in [0.25, 0.3) is 0 Å². The zero-order chi connectivity index (χ0) is 21.5. The summed E-state index contributed by atoms with van der Waals surface area (Å²) in [5.74, 6) is 0.547. The van der Waals surface area contributed by atoms with E-state index in [0.717, 1.165) is 16.8 Å². The average molecular weight is 428 g/mol. The van der Waals surface area contributed by atoms with Gasteiger partial charge in [-0.3, -0.25) is 14.6 Å². The van der Waals surface area contributed by atoms with Crippen molar-refractivity contribution in [1.82, 2.24) is 10.6 Å². The average Bonchev–Trinajstić information content (AvgIpc) is 2.73. The van der Waals surface area contributed by atoms with E-state index in [1.54, 1.807) is 19.2 Å². The fraction of sp³-hybridized carbons (Fsp3) is 0.318. The molecule has 0 fully saturated rings. The Hall–Kier alpha value is -3.06. The number of guanidine groups is 1. The number of para-hydroxylation sites is 1. The van der Waals surface area contributed by atoms with Crippen LogP contribution in [0, 0.1) is 6.92 Å². The topological polar surface area (TPSA) is 94.6 Å². The van der Waals surface area contributed by atoms with Crippen LogP contribution in [0.4, 0.5) is 11.4 Å². The van der Waals surface area contributed by atoms with Gasteiger partial charge in [0.1, 0.15) is 0 Å². The van der Waals surface area contributed by atoms with Gasteiger partial charge in [-0.1, -0.05) is 35.9 Å². The van der Waals surface area contributed by atoms with Gasteiger partial charge in [0, 0.05) is 55.3 Å². The maximum atomic E-state index is 12.2. The number of nitrogens with one attached hydrogen (secondary N) is 4. The summed E-state index contributed by atoms with van der Waals surface area (Å²) < 4.78 is 0. The van der Waals surface area contributed by atoms with Crippen LogP contribution in [0.1, 0.15) is 29.9 Å². The SMILES string of the molecule is CN=C(NCCC(=O)Nc1cccc(Cl)c1C)NCC1CC(=O)Nc2ccccc21. The highest BCUT2D eigenvalue weighted by atomic mass is 35.5. The van der Waals surface area contributed by atoms with Crippen molar-refractivity contribution in [3.05, 3.63) is 58.6 Å². The zero-order valence-corrected chi connectivity index (χ0v) is 17.8. The number of rotatable bonds is 6. The van der Waals surface area contributed by atoms with Gasteiger partial charge in [0.2, 0.25) is 11.8 Å². The molecule has 1 aliphatic heterocycles. The summed E-state index contributed by atoms with van der Waals surface area (Å²) in [5.41, 5.74) is 3.52. The summed E-state index contributed by atoms with van der Waals surface area (Å²) in [4.78, 5) is 28.4. The first-order chi connectivity index (χ1) is 14.5. The van der Waals surface area contributed by atoms with Crippen LogP contribution in [0.5, 0.6) is 0 Å². The molecule has 1 heterocycles. The highest BCUT2D eigenvalue weighted by Gasteiger charge is 2.24. The lowest BCUT2D eigenvalue weighted by atomic mass is 9.90. The number of fused-ring (bicyclic) bond motifs is 1. The second kappa shape index (κ2) is 10.1. The Morgan fingerprint density at radius 1 is 1.20 bits per heavy atom. The Bertz CT molecular complexity index is 960. The number of anilines is 2. The molecule has 0 spiro atoms. The molecular formula is C22H26ClN5O2. The van der Waals surface area contributed by atoms with Crippen molar-refractivity contribution in [2.24, 2.45) is 4.99 Å². The molecule has 2 aromatic rings. The minimum absolute atomic E-state index is 0.0106. The maximum Gasteiger partial charge on any atom is 0.226 e. The van der Waals surface area contributed by atoms with E-state index in [9.17, 15) is 9.59 Å². The van der Waals surface area contributed by atoms with E-state index in [-0.39, 0.29) is 24.2 Å². The molecule has 0 saturated carbocycles. The van der Waals surface area contributed by atoms with Crippen molar-refractivity contribution in [2.45, 2.75) is 25.7 Å². The number of aliphatic imine (C=N–C) groups is 1. The van der Waals surface area contributed by atoms with Gasteiger partial charge in [-0.15, -0.1) is 0 Å². The lowest BCUT2D eigenvalue weighted by molar-refractivity contribution is -0.117. The van der Waals surface area contributed by atoms with E-state index < -0.39 is 0 Å². The number of nitrogens with zero attached hydrogens (tertiary/aromatic N) is 1. The minimum atomic E-state index is -0.110. The van der Waals surface area contributed by atoms with Gasteiger partial charge in [-0.05, 0) is 36.2 Å². The number of hydrogen-bond donors (Lipinski definition) is 4. The van der Waals surface area contributed by atoms with Crippen molar-refractivity contribution in [1.29, 1.82) is 0 Å². The summed E-state index contributed by atoms with van der Waals surface area (Å²) in [6, 6.07) is 13.2. The Morgan fingerprint density at radius 3 is 2.80 bits per heavy atom. The van der Waals surface area contributed by atoms with E-state index in [2.05, 4.69) is 26.3 Å². The summed E-state index contributed by atoms with van der Waals surface area (Å²) in [7, 11) is 1.67. The van der Waals surface area contributed by atoms with Crippen molar-refractivity contribution in [3.8, 4) is 0 Å². The molecule has 1 unspecified atom stereocenters. The van der Waals surface area contributed by atoms with E-state index in [1.807, 2.05) is 37.3 Å². The molecule has 7 nitrogen and oxygen atoms in total. The molecule has 2 aromatic carbocycles. The molecule has 4 N–H and O–H groups in total. The van der Waals surface area contributed by atoms with Crippen molar-refractivity contribution in [2.75, 3.05) is 30.8 Å². The van der Waals surface area contributed by atoms with Crippen LogP contribution in [0.2, 0.25) is 5.02 Å². The summed E-state index contributed by atoms with van der Waals surface area (Å²) in [6.45, 7) is 2.86. The standard InChI is InChI=1S/C22H26ClN5O2/c1-14-17(23)7-5-9-18(14)27-20(29)10-11-25-22(24-2)26-13-15-12-21(30)28-19-8-4-3-6-16(15)19/h3-9,15H,10-13H2,1-2H3,(H,27,29)(H,28,30)(H2,24,25,26). The molecule has 0 bridgehead atoms. The van der Waals surface area contributed by atoms with Gasteiger partial charge < -0.3 is 21.3 Å². The molecule has 0 radical (unpaired) electrons. The number of halogens is 1. The molecule has 0 aromatic heterocycles. The predicted octanol–water partition coefficient (Wildman–Crippen LogP) is 3.27. The molecule has 158 valence electrons. The summed E-state index contributed by atoms with van der Waals surface area (Å²) >= 11 is 6.09. The van der Waals surface area contributed by atoms with Crippen LogP contribution in [0.25, 0.3) is 0 Å². The minimum Gasteiger partial charge on any atom is -0.356 e. The van der Waals surface area contributed by atoms with Crippen molar-refractivity contribution >= 4 is 40.7 Å². The smallest absolute Gasteiger partial charge is 0.226 e. The Balaban J connectivity index is 1.47. The van der Waals surface area contributed by atoms with E-state index in [1.165, 1.54) is 0 Å². The maximum absolute atomic E-state index is 12.2. The molecule has 8 heteroatoms. The van der Waals surface area contributed by atoms with Gasteiger partial charge in [0.15, 0.2) is 5.96 Å². The molecule has 0 saturated heterocycles. The lowest BCUT2D eigenvalue weighted by Crippen LogP contribution is -2.41. The predicted molar refractivity (Wildman–Crippen MR) is 121 cm³/mol. The van der Waals surface area contributed by atoms with Gasteiger partial charge in [0.05, 0.1) is 0 Å². The monoisotopic (exact) mass is 427 g/mol. The first kappa shape index (κ1) is 21.6. The largest absolute Gasteiger partial charge is 0.356 e. The normalized spacial score (nSPS) is 15.8. The van der Waals surface area contributed by atoms with Gasteiger partial charge in [-0.2, -0.15) is 0 Å². The first-order valence-electron chi connectivity index (χ1n) is 9.86. The number of benzene rings is 2. The third kappa shape index (κ3) is 5.51. The number of amides is 2. The summed E-state index contributed by atoms with van der Waals surface area (Å²) in [5, 5.41) is 12.8. The highest BCUT2D eigenvalue weighted by Crippen LogP contribution is 2.31.